The summed E-state index contributed by atoms with van der Waals surface area (Å²) in [6, 6.07) is 15.8. The monoisotopic (exact) mass is 489 g/mol. The molecule has 1 N–H and O–H groups in total. The summed E-state index contributed by atoms with van der Waals surface area (Å²) in [5.74, 6) is -1.17. The normalized spacial score (nSPS) is 11.1. The predicted molar refractivity (Wildman–Crippen MR) is 135 cm³/mol. The fourth-order valence-electron chi connectivity index (χ4n) is 3.64. The Morgan fingerprint density at radius 2 is 1.83 bits per heavy atom. The number of carbonyl (C=O) groups is 2. The molecule has 0 saturated carbocycles. The average molecular weight is 490 g/mol. The van der Waals surface area contributed by atoms with Crippen LogP contribution in [-0.2, 0) is 16.1 Å². The van der Waals surface area contributed by atoms with Crippen molar-refractivity contribution in [1.82, 2.24) is 20.1 Å². The number of thiazole rings is 1. The van der Waals surface area contributed by atoms with E-state index in [1.54, 1.807) is 23.6 Å². The lowest BCUT2D eigenvalue weighted by atomic mass is 10.2. The van der Waals surface area contributed by atoms with Gasteiger partial charge >= 0.3 is 0 Å². The second kappa shape index (κ2) is 10.4. The first-order chi connectivity index (χ1) is 16.8. The molecule has 7 nitrogen and oxygen atoms in total. The first-order valence-electron chi connectivity index (χ1n) is 10.9. The number of hydrogen-bond donors (Lipinski definition) is 1. The van der Waals surface area contributed by atoms with Crippen LogP contribution in [0.2, 0.25) is 0 Å². The van der Waals surface area contributed by atoms with Gasteiger partial charge in [0.15, 0.2) is 5.13 Å². The minimum atomic E-state index is -0.518. The van der Waals surface area contributed by atoms with E-state index in [1.165, 1.54) is 41.4 Å². The maximum absolute atomic E-state index is 14.2. The Kier molecular flexibility index (Phi) is 7.17. The number of para-hydroxylation sites is 2. The minimum Gasteiger partial charge on any atom is -0.348 e. The molecule has 0 aliphatic rings. The number of aryl methyl sites for hydroxylation is 1. The number of anilines is 2. The number of nitrogens with zero attached hydrogens (tertiary/aromatic N) is 4. The molecule has 0 atom stereocenters. The smallest absolute Gasteiger partial charge is 0.244 e. The summed E-state index contributed by atoms with van der Waals surface area (Å²) < 4.78 is 16.1. The van der Waals surface area contributed by atoms with Crippen LogP contribution >= 0.6 is 11.3 Å². The first kappa shape index (κ1) is 24.0. The van der Waals surface area contributed by atoms with Crippen molar-refractivity contribution < 1.29 is 14.0 Å². The SMILES string of the molecule is CC(=O)N(c1nc(/C=C/C(=O)NCc2c(C)nn(-c3ccccc3)c2C)cs1)c1ccccc1F. The molecule has 0 fully saturated rings. The van der Waals surface area contributed by atoms with E-state index in [0.717, 1.165) is 22.6 Å². The van der Waals surface area contributed by atoms with Crippen LogP contribution in [0.3, 0.4) is 0 Å². The molecular formula is C26H24FN5O2S. The highest BCUT2D eigenvalue weighted by molar-refractivity contribution is 7.14. The van der Waals surface area contributed by atoms with Gasteiger partial charge in [0.2, 0.25) is 11.8 Å². The maximum Gasteiger partial charge on any atom is 0.244 e. The zero-order valence-corrected chi connectivity index (χ0v) is 20.3. The fourth-order valence-corrected chi connectivity index (χ4v) is 4.49. The number of nitrogens with one attached hydrogen (secondary N) is 1. The lowest BCUT2D eigenvalue weighted by molar-refractivity contribution is -0.117. The van der Waals surface area contributed by atoms with E-state index in [4.69, 9.17) is 0 Å². The van der Waals surface area contributed by atoms with Crippen molar-refractivity contribution in [1.29, 1.82) is 0 Å². The van der Waals surface area contributed by atoms with Crippen molar-refractivity contribution in [3.63, 3.8) is 0 Å². The van der Waals surface area contributed by atoms with Crippen molar-refractivity contribution in [2.75, 3.05) is 4.90 Å². The average Bonchev–Trinajstić information content (AvgIpc) is 3.42. The zero-order valence-electron chi connectivity index (χ0n) is 19.5. The maximum atomic E-state index is 14.2. The number of hydrogen-bond acceptors (Lipinski definition) is 5. The van der Waals surface area contributed by atoms with Gasteiger partial charge in [0.05, 0.1) is 22.8 Å². The Bertz CT molecular complexity index is 1390. The van der Waals surface area contributed by atoms with E-state index in [1.807, 2.05) is 48.9 Å². The molecule has 2 amide bonds. The van der Waals surface area contributed by atoms with Gasteiger partial charge in [-0.25, -0.2) is 14.1 Å². The molecule has 9 heteroatoms. The largest absolute Gasteiger partial charge is 0.348 e. The number of carbonyl (C=O) groups excluding carboxylic acids is 2. The summed E-state index contributed by atoms with van der Waals surface area (Å²) >= 11 is 1.19. The van der Waals surface area contributed by atoms with Crippen molar-refractivity contribution in [3.05, 3.63) is 94.5 Å². The second-order valence-electron chi connectivity index (χ2n) is 7.81. The van der Waals surface area contributed by atoms with Crippen molar-refractivity contribution in [2.45, 2.75) is 27.3 Å². The van der Waals surface area contributed by atoms with E-state index < -0.39 is 5.82 Å². The van der Waals surface area contributed by atoms with Crippen LogP contribution in [0.5, 0.6) is 0 Å². The molecule has 0 saturated heterocycles. The molecule has 178 valence electrons. The summed E-state index contributed by atoms with van der Waals surface area (Å²) in [4.78, 5) is 30.2. The first-order valence-corrected chi connectivity index (χ1v) is 11.8. The van der Waals surface area contributed by atoms with E-state index in [0.29, 0.717) is 17.4 Å². The minimum absolute atomic E-state index is 0.129. The fraction of sp³-hybridized carbons (Fsp3) is 0.154. The molecule has 0 unspecified atom stereocenters. The third-order valence-corrected chi connectivity index (χ3v) is 6.24. The highest BCUT2D eigenvalue weighted by atomic mass is 32.1. The second-order valence-corrected chi connectivity index (χ2v) is 8.65. The van der Waals surface area contributed by atoms with Gasteiger partial charge in [-0.05, 0) is 44.2 Å². The molecule has 0 aliphatic carbocycles. The molecule has 2 aromatic carbocycles. The summed E-state index contributed by atoms with van der Waals surface area (Å²) in [5, 5.41) is 9.50. The van der Waals surface area contributed by atoms with Gasteiger partial charge in [0.25, 0.3) is 0 Å². The number of halogens is 1. The van der Waals surface area contributed by atoms with Gasteiger partial charge in [-0.3, -0.25) is 14.5 Å². The third-order valence-electron chi connectivity index (χ3n) is 5.40. The molecule has 35 heavy (non-hydrogen) atoms. The molecule has 0 bridgehead atoms. The lowest BCUT2D eigenvalue weighted by Crippen LogP contribution is -2.23. The summed E-state index contributed by atoms with van der Waals surface area (Å²) in [6.45, 7) is 5.57. The van der Waals surface area contributed by atoms with E-state index in [2.05, 4.69) is 15.4 Å². The van der Waals surface area contributed by atoms with Crippen LogP contribution in [0, 0.1) is 19.7 Å². The highest BCUT2D eigenvalue weighted by Gasteiger charge is 2.20. The van der Waals surface area contributed by atoms with Crippen LogP contribution in [0.1, 0.15) is 29.6 Å². The van der Waals surface area contributed by atoms with Crippen molar-refractivity contribution in [2.24, 2.45) is 0 Å². The van der Waals surface area contributed by atoms with Crippen molar-refractivity contribution in [3.8, 4) is 5.69 Å². The summed E-state index contributed by atoms with van der Waals surface area (Å²) in [7, 11) is 0. The Hall–Kier alpha value is -4.11. The summed E-state index contributed by atoms with van der Waals surface area (Å²) in [6.07, 6.45) is 2.94. The Labute approximate surface area is 206 Å². The molecule has 2 heterocycles. The quantitative estimate of drug-likeness (QED) is 0.366. The molecule has 4 aromatic rings. The Morgan fingerprint density at radius 3 is 2.54 bits per heavy atom. The molecule has 0 aliphatic heterocycles. The lowest BCUT2D eigenvalue weighted by Gasteiger charge is -2.18. The number of amides is 2. The van der Waals surface area contributed by atoms with Gasteiger partial charge in [-0.2, -0.15) is 5.10 Å². The Morgan fingerprint density at radius 1 is 1.11 bits per heavy atom. The molecule has 2 aromatic heterocycles. The highest BCUT2D eigenvalue weighted by Crippen LogP contribution is 2.31. The number of aromatic nitrogens is 3. The van der Waals surface area contributed by atoms with Crippen LogP contribution in [-0.4, -0.2) is 26.6 Å². The van der Waals surface area contributed by atoms with Crippen LogP contribution in [0.15, 0.2) is 66.1 Å². The van der Waals surface area contributed by atoms with Gasteiger partial charge in [-0.1, -0.05) is 30.3 Å². The van der Waals surface area contributed by atoms with Gasteiger partial charge in [0, 0.05) is 36.2 Å². The van der Waals surface area contributed by atoms with Gasteiger partial charge in [0.1, 0.15) is 5.82 Å². The molecule has 0 spiro atoms. The predicted octanol–water partition coefficient (Wildman–Crippen LogP) is 5.10. The third kappa shape index (κ3) is 5.36. The van der Waals surface area contributed by atoms with Crippen LogP contribution < -0.4 is 10.2 Å². The zero-order chi connectivity index (χ0) is 24.9. The topological polar surface area (TPSA) is 80.1 Å². The number of rotatable bonds is 7. The van der Waals surface area contributed by atoms with Gasteiger partial charge < -0.3 is 5.32 Å². The standard InChI is InChI=1S/C26H24FN5O2S/c1-17-22(18(2)32(30-17)21-9-5-4-6-10-21)15-28-25(34)14-13-20-16-35-26(29-20)31(19(3)33)24-12-8-7-11-23(24)27/h4-14,16H,15H2,1-3H3,(H,28,34)/b14-13+. The van der Waals surface area contributed by atoms with E-state index >= 15 is 0 Å². The van der Waals surface area contributed by atoms with E-state index in [-0.39, 0.29) is 17.5 Å². The molecular weight excluding hydrogens is 465 g/mol. The van der Waals surface area contributed by atoms with Crippen LogP contribution in [0.25, 0.3) is 11.8 Å². The number of benzene rings is 2. The van der Waals surface area contributed by atoms with Gasteiger partial charge in [-0.15, -0.1) is 11.3 Å². The van der Waals surface area contributed by atoms with Crippen molar-refractivity contribution >= 4 is 40.0 Å². The molecule has 4 rings (SSSR count). The Balaban J connectivity index is 1.43. The van der Waals surface area contributed by atoms with Crippen LogP contribution in [0.4, 0.5) is 15.2 Å². The molecule has 0 radical (unpaired) electrons. The van der Waals surface area contributed by atoms with E-state index in [9.17, 15) is 14.0 Å². The summed E-state index contributed by atoms with van der Waals surface area (Å²) in [5.41, 5.74) is 4.33.